The van der Waals surface area contributed by atoms with Gasteiger partial charge in [0.2, 0.25) is 5.91 Å². The Balaban J connectivity index is 1.26. The van der Waals surface area contributed by atoms with Gasteiger partial charge in [0.1, 0.15) is 0 Å². The molecule has 30 heavy (non-hydrogen) atoms. The van der Waals surface area contributed by atoms with Gasteiger partial charge in [-0.25, -0.2) is 0 Å². The zero-order chi connectivity index (χ0) is 20.8. The Morgan fingerprint density at radius 3 is 2.47 bits per heavy atom. The third kappa shape index (κ3) is 5.46. The van der Waals surface area contributed by atoms with Crippen LogP contribution in [0.2, 0.25) is 0 Å². The second kappa shape index (κ2) is 10.2. The van der Waals surface area contributed by atoms with E-state index in [4.69, 9.17) is 0 Å². The van der Waals surface area contributed by atoms with Crippen LogP contribution in [0, 0.1) is 5.92 Å². The number of hydrogen-bond acceptors (Lipinski definition) is 4. The fourth-order valence-corrected chi connectivity index (χ4v) is 4.98. The highest BCUT2D eigenvalue weighted by Crippen LogP contribution is 2.26. The summed E-state index contributed by atoms with van der Waals surface area (Å²) in [6.45, 7) is 6.05. The number of carbonyl (C=O) groups is 1. The number of aromatic nitrogens is 1. The van der Waals surface area contributed by atoms with E-state index in [2.05, 4.69) is 39.0 Å². The lowest BCUT2D eigenvalue weighted by molar-refractivity contribution is -0.137. The summed E-state index contributed by atoms with van der Waals surface area (Å²) < 4.78 is 0. The molecule has 1 unspecified atom stereocenters. The van der Waals surface area contributed by atoms with Gasteiger partial charge in [0.05, 0.1) is 5.92 Å². The van der Waals surface area contributed by atoms with Crippen molar-refractivity contribution in [1.82, 2.24) is 19.7 Å². The molecule has 2 aromatic rings. The molecule has 5 heteroatoms. The van der Waals surface area contributed by atoms with E-state index in [0.29, 0.717) is 18.5 Å². The molecule has 160 valence electrons. The number of nitrogens with zero attached hydrogens (tertiary/aromatic N) is 4. The second-order valence-electron chi connectivity index (χ2n) is 8.88. The standard InChI is InChI=1S/C25H34N4O/c1-27(18-21-6-3-2-4-7-21)25(30)23-8-5-15-29(20-23)24-11-16-28(17-12-24)19-22-9-13-26-14-10-22/h2-4,6-7,9-10,13-14,23-24H,5,8,11-12,15-20H2,1H3. The van der Waals surface area contributed by atoms with Gasteiger partial charge in [-0.05, 0) is 68.6 Å². The monoisotopic (exact) mass is 406 g/mol. The van der Waals surface area contributed by atoms with E-state index in [0.717, 1.165) is 45.6 Å². The Bertz CT molecular complexity index is 789. The van der Waals surface area contributed by atoms with Gasteiger partial charge in [-0.3, -0.25) is 19.6 Å². The van der Waals surface area contributed by atoms with Gasteiger partial charge in [0, 0.05) is 45.1 Å². The third-order valence-electron chi connectivity index (χ3n) is 6.67. The molecule has 3 heterocycles. The minimum Gasteiger partial charge on any atom is -0.341 e. The van der Waals surface area contributed by atoms with E-state index in [1.54, 1.807) is 0 Å². The molecule has 5 nitrogen and oxygen atoms in total. The number of likely N-dealkylation sites (tertiary alicyclic amines) is 2. The van der Waals surface area contributed by atoms with Crippen molar-refractivity contribution < 1.29 is 4.79 Å². The van der Waals surface area contributed by atoms with Crippen molar-refractivity contribution in [2.75, 3.05) is 33.2 Å². The zero-order valence-electron chi connectivity index (χ0n) is 18.1. The summed E-state index contributed by atoms with van der Waals surface area (Å²) in [5, 5.41) is 0. The van der Waals surface area contributed by atoms with Crippen molar-refractivity contribution >= 4 is 5.91 Å². The average molecular weight is 407 g/mol. The topological polar surface area (TPSA) is 39.7 Å². The van der Waals surface area contributed by atoms with E-state index < -0.39 is 0 Å². The summed E-state index contributed by atoms with van der Waals surface area (Å²) >= 11 is 0. The number of piperidine rings is 2. The molecule has 0 saturated carbocycles. The molecule has 1 amide bonds. The predicted molar refractivity (Wildman–Crippen MR) is 120 cm³/mol. The highest BCUT2D eigenvalue weighted by atomic mass is 16.2. The molecule has 4 rings (SSSR count). The maximum Gasteiger partial charge on any atom is 0.227 e. The first kappa shape index (κ1) is 21.0. The van der Waals surface area contributed by atoms with Crippen LogP contribution in [0.1, 0.15) is 36.8 Å². The Morgan fingerprint density at radius 2 is 1.73 bits per heavy atom. The summed E-state index contributed by atoms with van der Waals surface area (Å²) in [6.07, 6.45) is 8.31. The largest absolute Gasteiger partial charge is 0.341 e. The van der Waals surface area contributed by atoms with Crippen LogP contribution >= 0.6 is 0 Å². The molecule has 2 aliphatic heterocycles. The maximum atomic E-state index is 13.1. The molecule has 2 saturated heterocycles. The average Bonchev–Trinajstić information content (AvgIpc) is 2.80. The molecule has 1 aromatic heterocycles. The van der Waals surface area contributed by atoms with Crippen LogP contribution in [0.4, 0.5) is 0 Å². The number of rotatable bonds is 6. The quantitative estimate of drug-likeness (QED) is 0.737. The molecule has 1 aromatic carbocycles. The fourth-order valence-electron chi connectivity index (χ4n) is 4.98. The normalized spacial score (nSPS) is 21.4. The molecular formula is C25H34N4O. The van der Waals surface area contributed by atoms with E-state index in [1.165, 1.54) is 24.0 Å². The van der Waals surface area contributed by atoms with Gasteiger partial charge in [-0.2, -0.15) is 0 Å². The lowest BCUT2D eigenvalue weighted by Gasteiger charge is -2.42. The molecule has 2 fully saturated rings. The number of amides is 1. The Labute approximate surface area is 180 Å². The van der Waals surface area contributed by atoms with Crippen molar-refractivity contribution in [1.29, 1.82) is 0 Å². The lowest BCUT2D eigenvalue weighted by atomic mass is 9.92. The van der Waals surface area contributed by atoms with E-state index >= 15 is 0 Å². The van der Waals surface area contributed by atoms with Gasteiger partial charge in [-0.1, -0.05) is 30.3 Å². The van der Waals surface area contributed by atoms with Crippen LogP contribution in [-0.2, 0) is 17.9 Å². The van der Waals surface area contributed by atoms with Crippen molar-refractivity contribution in [2.45, 2.75) is 44.8 Å². The fraction of sp³-hybridized carbons (Fsp3) is 0.520. The summed E-state index contributed by atoms with van der Waals surface area (Å²) in [5.41, 5.74) is 2.54. The van der Waals surface area contributed by atoms with Crippen LogP contribution in [0.5, 0.6) is 0 Å². The predicted octanol–water partition coefficient (Wildman–Crippen LogP) is 3.42. The van der Waals surface area contributed by atoms with Crippen LogP contribution in [0.15, 0.2) is 54.9 Å². The Morgan fingerprint density at radius 1 is 1.00 bits per heavy atom. The van der Waals surface area contributed by atoms with Gasteiger partial charge in [0.15, 0.2) is 0 Å². The van der Waals surface area contributed by atoms with Crippen molar-refractivity contribution in [3.8, 4) is 0 Å². The van der Waals surface area contributed by atoms with Crippen molar-refractivity contribution in [2.24, 2.45) is 5.92 Å². The first-order chi connectivity index (χ1) is 14.7. The SMILES string of the molecule is CN(Cc1ccccc1)C(=O)C1CCCN(C2CCN(Cc3ccncc3)CC2)C1. The molecule has 0 radical (unpaired) electrons. The first-order valence-electron chi connectivity index (χ1n) is 11.3. The minimum atomic E-state index is 0.141. The minimum absolute atomic E-state index is 0.141. The van der Waals surface area contributed by atoms with Gasteiger partial charge in [-0.15, -0.1) is 0 Å². The molecule has 0 spiro atoms. The van der Waals surface area contributed by atoms with Crippen LogP contribution in [-0.4, -0.2) is 64.9 Å². The van der Waals surface area contributed by atoms with Crippen LogP contribution < -0.4 is 0 Å². The molecule has 1 atom stereocenters. The number of carbonyl (C=O) groups excluding carboxylic acids is 1. The second-order valence-corrected chi connectivity index (χ2v) is 8.88. The zero-order valence-corrected chi connectivity index (χ0v) is 18.1. The highest BCUT2D eigenvalue weighted by Gasteiger charge is 2.32. The van der Waals surface area contributed by atoms with E-state index in [-0.39, 0.29) is 5.92 Å². The van der Waals surface area contributed by atoms with Crippen molar-refractivity contribution in [3.63, 3.8) is 0 Å². The van der Waals surface area contributed by atoms with E-state index in [1.807, 2.05) is 42.5 Å². The third-order valence-corrected chi connectivity index (χ3v) is 6.67. The van der Waals surface area contributed by atoms with Crippen molar-refractivity contribution in [3.05, 3.63) is 66.0 Å². The summed E-state index contributed by atoms with van der Waals surface area (Å²) in [4.78, 5) is 24.3. The van der Waals surface area contributed by atoms with Crippen LogP contribution in [0.25, 0.3) is 0 Å². The molecule has 0 N–H and O–H groups in total. The Kier molecular flexibility index (Phi) is 7.13. The highest BCUT2D eigenvalue weighted by molar-refractivity contribution is 5.79. The summed E-state index contributed by atoms with van der Waals surface area (Å²) in [5.74, 6) is 0.445. The number of benzene rings is 1. The van der Waals surface area contributed by atoms with E-state index in [9.17, 15) is 4.79 Å². The van der Waals surface area contributed by atoms with Gasteiger partial charge >= 0.3 is 0 Å². The molecule has 0 bridgehead atoms. The summed E-state index contributed by atoms with van der Waals surface area (Å²) in [6, 6.07) is 15.1. The Hall–Kier alpha value is -2.24. The number of pyridine rings is 1. The molecule has 0 aliphatic carbocycles. The van der Waals surface area contributed by atoms with Gasteiger partial charge < -0.3 is 4.90 Å². The van der Waals surface area contributed by atoms with Crippen LogP contribution in [0.3, 0.4) is 0 Å². The molecular weight excluding hydrogens is 372 g/mol. The molecule has 2 aliphatic rings. The van der Waals surface area contributed by atoms with Gasteiger partial charge in [0.25, 0.3) is 0 Å². The maximum absolute atomic E-state index is 13.1. The lowest BCUT2D eigenvalue weighted by Crippen LogP contribution is -2.50. The first-order valence-corrected chi connectivity index (χ1v) is 11.3. The smallest absolute Gasteiger partial charge is 0.227 e. The summed E-state index contributed by atoms with van der Waals surface area (Å²) in [7, 11) is 1.95. The number of hydrogen-bond donors (Lipinski definition) is 0.